The second-order valence-corrected chi connectivity index (χ2v) is 21.1. The second-order valence-electron chi connectivity index (χ2n) is 12.1. The van der Waals surface area contributed by atoms with Crippen LogP contribution in [0.4, 0.5) is 0 Å². The van der Waals surface area contributed by atoms with Gasteiger partial charge in [0.25, 0.3) is 0 Å². The lowest BCUT2D eigenvalue weighted by atomic mass is 10.2. The van der Waals surface area contributed by atoms with Gasteiger partial charge in [-0.2, -0.15) is 0 Å². The molecule has 0 fully saturated rings. The van der Waals surface area contributed by atoms with Gasteiger partial charge in [-0.25, -0.2) is 0 Å². The lowest BCUT2D eigenvalue weighted by Gasteiger charge is -2.41. The van der Waals surface area contributed by atoms with Crippen molar-refractivity contribution in [2.75, 3.05) is 0 Å². The summed E-state index contributed by atoms with van der Waals surface area (Å²) in [5.74, 6) is 0. The SMILES string of the molecule is CC(C)(C)P(=O)(Cc1cccc(CP(=O)(C(C)(C)C)C(C)(C)C)n1)C(C)(C)C. The van der Waals surface area contributed by atoms with E-state index < -0.39 is 14.3 Å². The highest BCUT2D eigenvalue weighted by Gasteiger charge is 2.47. The Morgan fingerprint density at radius 1 is 0.607 bits per heavy atom. The van der Waals surface area contributed by atoms with Gasteiger partial charge in [0.2, 0.25) is 0 Å². The zero-order valence-corrected chi connectivity index (χ0v) is 22.1. The molecule has 162 valence electrons. The van der Waals surface area contributed by atoms with Crippen LogP contribution in [-0.2, 0) is 21.5 Å². The molecule has 0 saturated heterocycles. The first-order valence-corrected chi connectivity index (χ1v) is 14.1. The van der Waals surface area contributed by atoms with Crippen molar-refractivity contribution in [2.45, 2.75) is 116 Å². The number of pyridine rings is 1. The van der Waals surface area contributed by atoms with Gasteiger partial charge >= 0.3 is 0 Å². The summed E-state index contributed by atoms with van der Waals surface area (Å²) >= 11 is 0. The third-order valence-electron chi connectivity index (χ3n) is 5.97. The molecule has 0 aliphatic carbocycles. The molecule has 0 N–H and O–H groups in total. The maximum atomic E-state index is 14.0. The van der Waals surface area contributed by atoms with Crippen LogP contribution in [0.25, 0.3) is 0 Å². The van der Waals surface area contributed by atoms with Crippen molar-refractivity contribution in [1.82, 2.24) is 4.98 Å². The third kappa shape index (κ3) is 5.02. The summed E-state index contributed by atoms with van der Waals surface area (Å²) < 4.78 is 28.1. The molecule has 0 amide bonds. The number of hydrogen-bond donors (Lipinski definition) is 0. The van der Waals surface area contributed by atoms with Crippen molar-refractivity contribution >= 4 is 14.3 Å². The van der Waals surface area contributed by atoms with Crippen molar-refractivity contribution in [2.24, 2.45) is 0 Å². The van der Waals surface area contributed by atoms with Crippen LogP contribution in [0.1, 0.15) is 94.5 Å². The Balaban J connectivity index is 3.38. The molecule has 0 aliphatic heterocycles. The highest BCUT2D eigenvalue weighted by Crippen LogP contribution is 2.69. The van der Waals surface area contributed by atoms with Gasteiger partial charge in [0.15, 0.2) is 0 Å². The van der Waals surface area contributed by atoms with E-state index in [0.717, 1.165) is 11.4 Å². The zero-order valence-electron chi connectivity index (χ0n) is 20.3. The lowest BCUT2D eigenvalue weighted by Crippen LogP contribution is -2.30. The maximum absolute atomic E-state index is 14.0. The molecular weight excluding hydrogens is 384 g/mol. The fraction of sp³-hybridized carbons (Fsp3) is 0.783. The van der Waals surface area contributed by atoms with E-state index in [1.165, 1.54) is 0 Å². The molecule has 1 aromatic rings. The number of nitrogens with zero attached hydrogens (tertiary/aromatic N) is 1. The normalized spacial score (nSPS) is 15.0. The van der Waals surface area contributed by atoms with Gasteiger partial charge in [0.05, 0.1) is 0 Å². The first-order chi connectivity index (χ1) is 12.2. The molecular formula is C23H43NO2P2. The molecule has 1 heterocycles. The lowest BCUT2D eigenvalue weighted by molar-refractivity contribution is 0.514. The molecule has 1 aromatic heterocycles. The number of rotatable bonds is 4. The average molecular weight is 428 g/mol. The molecule has 1 rings (SSSR count). The minimum atomic E-state index is -2.58. The monoisotopic (exact) mass is 427 g/mol. The van der Waals surface area contributed by atoms with Gasteiger partial charge in [0.1, 0.15) is 14.3 Å². The van der Waals surface area contributed by atoms with E-state index in [-0.39, 0.29) is 20.6 Å². The van der Waals surface area contributed by atoms with Gasteiger partial charge < -0.3 is 9.13 Å². The minimum Gasteiger partial charge on any atom is -0.322 e. The molecule has 0 radical (unpaired) electrons. The average Bonchev–Trinajstić information content (AvgIpc) is 2.42. The second kappa shape index (κ2) is 7.70. The van der Waals surface area contributed by atoms with Crippen molar-refractivity contribution in [3.63, 3.8) is 0 Å². The van der Waals surface area contributed by atoms with Crippen LogP contribution in [0.3, 0.4) is 0 Å². The van der Waals surface area contributed by atoms with E-state index in [2.05, 4.69) is 83.1 Å². The topological polar surface area (TPSA) is 47.0 Å². The van der Waals surface area contributed by atoms with Crippen LogP contribution >= 0.6 is 14.3 Å². The van der Waals surface area contributed by atoms with Crippen molar-refractivity contribution in [3.8, 4) is 0 Å². The van der Waals surface area contributed by atoms with E-state index in [1.807, 2.05) is 18.2 Å². The van der Waals surface area contributed by atoms with Crippen LogP contribution in [-0.4, -0.2) is 25.6 Å². The molecule has 0 bridgehead atoms. The van der Waals surface area contributed by atoms with E-state index in [9.17, 15) is 9.13 Å². The van der Waals surface area contributed by atoms with Crippen LogP contribution in [0.5, 0.6) is 0 Å². The van der Waals surface area contributed by atoms with Gasteiger partial charge in [0, 0.05) is 44.3 Å². The summed E-state index contributed by atoms with van der Waals surface area (Å²) in [5, 5.41) is -1.19. The van der Waals surface area contributed by atoms with E-state index in [1.54, 1.807) is 0 Å². The highest BCUT2D eigenvalue weighted by molar-refractivity contribution is 7.66. The Hall–Kier alpha value is -0.390. The van der Waals surface area contributed by atoms with Gasteiger partial charge in [-0.05, 0) is 12.1 Å². The molecule has 0 atom stereocenters. The van der Waals surface area contributed by atoms with Crippen molar-refractivity contribution < 1.29 is 9.13 Å². The smallest absolute Gasteiger partial charge is 0.103 e. The summed E-state index contributed by atoms with van der Waals surface area (Å²) in [6, 6.07) is 5.91. The number of aromatic nitrogens is 1. The van der Waals surface area contributed by atoms with Crippen LogP contribution < -0.4 is 0 Å². The molecule has 28 heavy (non-hydrogen) atoms. The molecule has 5 heteroatoms. The van der Waals surface area contributed by atoms with Crippen LogP contribution in [0.15, 0.2) is 18.2 Å². The maximum Gasteiger partial charge on any atom is 0.103 e. The Bertz CT molecular complexity index is 685. The Morgan fingerprint density at radius 3 is 1.07 bits per heavy atom. The summed E-state index contributed by atoms with van der Waals surface area (Å²) in [5.41, 5.74) is 1.69. The van der Waals surface area contributed by atoms with E-state index in [0.29, 0.717) is 12.3 Å². The standard InChI is InChI=1S/C23H43NO2P2/c1-20(2,3)27(25,21(4,5)6)16-18-14-13-15-19(24-18)17-28(26,22(7,8)9)23(10,11)12/h13-15H,16-17H2,1-12H3. The Labute approximate surface area is 174 Å². The first-order valence-electron chi connectivity index (χ1n) is 10.3. The largest absolute Gasteiger partial charge is 0.322 e. The van der Waals surface area contributed by atoms with E-state index in [4.69, 9.17) is 4.98 Å². The third-order valence-corrected chi connectivity index (χ3v) is 16.2. The molecule has 0 spiro atoms. The highest BCUT2D eigenvalue weighted by atomic mass is 31.2. The van der Waals surface area contributed by atoms with Gasteiger partial charge in [-0.15, -0.1) is 0 Å². The summed E-state index contributed by atoms with van der Waals surface area (Å²) in [6.45, 7) is 24.8. The number of hydrogen-bond acceptors (Lipinski definition) is 3. The van der Waals surface area contributed by atoms with Crippen molar-refractivity contribution in [3.05, 3.63) is 29.6 Å². The predicted molar refractivity (Wildman–Crippen MR) is 126 cm³/mol. The first kappa shape index (κ1) is 25.6. The molecule has 0 unspecified atom stereocenters. The van der Waals surface area contributed by atoms with E-state index >= 15 is 0 Å². The zero-order chi connectivity index (χ0) is 22.4. The molecule has 0 saturated carbocycles. The fourth-order valence-corrected chi connectivity index (χ4v) is 11.3. The van der Waals surface area contributed by atoms with Crippen molar-refractivity contribution in [1.29, 1.82) is 0 Å². The Morgan fingerprint density at radius 2 is 0.857 bits per heavy atom. The van der Waals surface area contributed by atoms with Gasteiger partial charge in [-0.1, -0.05) is 89.2 Å². The molecule has 0 aromatic carbocycles. The van der Waals surface area contributed by atoms with Crippen LogP contribution in [0.2, 0.25) is 0 Å². The Kier molecular flexibility index (Phi) is 7.05. The minimum absolute atomic E-state index is 0.297. The molecule has 0 aliphatic rings. The molecule has 3 nitrogen and oxygen atoms in total. The fourth-order valence-electron chi connectivity index (χ4n) is 4.12. The predicted octanol–water partition coefficient (Wildman–Crippen LogP) is 8.00. The quantitative estimate of drug-likeness (QED) is 0.457. The summed E-state index contributed by atoms with van der Waals surface area (Å²) in [6.07, 6.45) is 0.951. The van der Waals surface area contributed by atoms with Crippen LogP contribution in [0, 0.1) is 0 Å². The summed E-state index contributed by atoms with van der Waals surface area (Å²) in [4.78, 5) is 4.85. The summed E-state index contributed by atoms with van der Waals surface area (Å²) in [7, 11) is -5.15. The van der Waals surface area contributed by atoms with Gasteiger partial charge in [-0.3, -0.25) is 4.98 Å².